The maximum absolute atomic E-state index is 12.5. The Morgan fingerprint density at radius 1 is 1.27 bits per heavy atom. The van der Waals surface area contributed by atoms with Gasteiger partial charge in [-0.05, 0) is 38.3 Å². The van der Waals surface area contributed by atoms with Crippen molar-refractivity contribution in [3.8, 4) is 0 Å². The van der Waals surface area contributed by atoms with Crippen molar-refractivity contribution in [2.45, 2.75) is 62.4 Å². The molecule has 1 fully saturated rings. The lowest BCUT2D eigenvalue weighted by Crippen LogP contribution is -2.39. The molecule has 2 amide bonds. The first-order chi connectivity index (χ1) is 12.5. The van der Waals surface area contributed by atoms with E-state index in [1.807, 2.05) is 37.1 Å². The van der Waals surface area contributed by atoms with Crippen molar-refractivity contribution in [3.05, 3.63) is 29.8 Å². The normalized spacial score (nSPS) is 16.1. The third-order valence-electron chi connectivity index (χ3n) is 4.88. The predicted octanol–water partition coefficient (Wildman–Crippen LogP) is 3.04. The molecular formula is C20H31N3O2S. The van der Waals surface area contributed by atoms with E-state index in [2.05, 4.69) is 5.32 Å². The van der Waals surface area contributed by atoms with Gasteiger partial charge < -0.3 is 16.0 Å². The van der Waals surface area contributed by atoms with Crippen LogP contribution in [0.5, 0.6) is 0 Å². The summed E-state index contributed by atoms with van der Waals surface area (Å²) < 4.78 is 0. The number of thioether (sulfide) groups is 1. The zero-order valence-corrected chi connectivity index (χ0v) is 16.7. The van der Waals surface area contributed by atoms with Crippen LogP contribution in [-0.4, -0.2) is 48.1 Å². The van der Waals surface area contributed by atoms with Crippen molar-refractivity contribution >= 4 is 23.6 Å². The molecule has 6 heteroatoms. The Bertz CT molecular complexity index is 600. The molecule has 0 saturated heterocycles. The van der Waals surface area contributed by atoms with E-state index in [1.54, 1.807) is 6.07 Å². The highest BCUT2D eigenvalue weighted by molar-refractivity contribution is 8.00. The molecule has 1 aliphatic rings. The number of carbonyl (C=O) groups is 2. The summed E-state index contributed by atoms with van der Waals surface area (Å²) in [6, 6.07) is 7.89. The number of amides is 2. The molecule has 0 radical (unpaired) electrons. The van der Waals surface area contributed by atoms with Gasteiger partial charge in [-0.3, -0.25) is 9.59 Å². The zero-order valence-electron chi connectivity index (χ0n) is 15.9. The van der Waals surface area contributed by atoms with Crippen molar-refractivity contribution in [1.82, 2.24) is 10.2 Å². The Morgan fingerprint density at radius 2 is 1.96 bits per heavy atom. The number of nitrogens with one attached hydrogen (secondary N) is 1. The van der Waals surface area contributed by atoms with Crippen LogP contribution in [0, 0.1) is 0 Å². The fourth-order valence-electron chi connectivity index (χ4n) is 3.20. The van der Waals surface area contributed by atoms with Crippen LogP contribution in [0.3, 0.4) is 0 Å². The molecule has 0 aliphatic heterocycles. The molecule has 1 saturated carbocycles. The van der Waals surface area contributed by atoms with E-state index in [4.69, 9.17) is 5.73 Å². The van der Waals surface area contributed by atoms with Gasteiger partial charge in [0.2, 0.25) is 5.91 Å². The third kappa shape index (κ3) is 6.32. The van der Waals surface area contributed by atoms with E-state index in [-0.39, 0.29) is 17.9 Å². The summed E-state index contributed by atoms with van der Waals surface area (Å²) in [6.07, 6.45) is 6.64. The van der Waals surface area contributed by atoms with Crippen molar-refractivity contribution in [1.29, 1.82) is 0 Å². The van der Waals surface area contributed by atoms with Crippen LogP contribution in [0.1, 0.15) is 55.8 Å². The molecule has 5 nitrogen and oxygen atoms in total. The molecule has 144 valence electrons. The number of nitrogens with two attached hydrogens (primary N) is 1. The molecule has 0 aromatic heterocycles. The largest absolute Gasteiger partial charge is 0.352 e. The van der Waals surface area contributed by atoms with E-state index >= 15 is 0 Å². The molecule has 0 spiro atoms. The predicted molar refractivity (Wildman–Crippen MR) is 107 cm³/mol. The van der Waals surface area contributed by atoms with Gasteiger partial charge >= 0.3 is 0 Å². The average molecular weight is 378 g/mol. The molecule has 2 rings (SSSR count). The van der Waals surface area contributed by atoms with Gasteiger partial charge in [0.25, 0.3) is 5.91 Å². The highest BCUT2D eigenvalue weighted by atomic mass is 32.2. The Hall–Kier alpha value is -1.53. The molecule has 1 atom stereocenters. The molecule has 26 heavy (non-hydrogen) atoms. The summed E-state index contributed by atoms with van der Waals surface area (Å²) >= 11 is 1.44. The van der Waals surface area contributed by atoms with Gasteiger partial charge in [0.05, 0.1) is 11.3 Å². The highest BCUT2D eigenvalue weighted by Gasteiger charge is 2.22. The monoisotopic (exact) mass is 377 g/mol. The lowest BCUT2D eigenvalue weighted by atomic mass is 9.94. The SMILES string of the molecule is CC(N)CCNC(=O)c1ccccc1SCC(=O)N(C)C1CCCCC1. The van der Waals surface area contributed by atoms with Gasteiger partial charge in [0, 0.05) is 30.6 Å². The van der Waals surface area contributed by atoms with Crippen molar-refractivity contribution in [2.75, 3.05) is 19.3 Å². The fraction of sp³-hybridized carbons (Fsp3) is 0.600. The van der Waals surface area contributed by atoms with Gasteiger partial charge in [-0.1, -0.05) is 31.4 Å². The second-order valence-electron chi connectivity index (χ2n) is 7.10. The van der Waals surface area contributed by atoms with Crippen LogP contribution in [0.25, 0.3) is 0 Å². The molecule has 1 aliphatic carbocycles. The van der Waals surface area contributed by atoms with Gasteiger partial charge in [-0.2, -0.15) is 0 Å². The topological polar surface area (TPSA) is 75.4 Å². The molecule has 3 N–H and O–H groups in total. The van der Waals surface area contributed by atoms with Gasteiger partial charge in [0.1, 0.15) is 0 Å². The van der Waals surface area contributed by atoms with E-state index in [0.717, 1.165) is 24.2 Å². The minimum atomic E-state index is -0.109. The number of benzene rings is 1. The summed E-state index contributed by atoms with van der Waals surface area (Å²) in [4.78, 5) is 27.7. The van der Waals surface area contributed by atoms with Gasteiger partial charge in [0.15, 0.2) is 0 Å². The van der Waals surface area contributed by atoms with Gasteiger partial charge in [-0.15, -0.1) is 11.8 Å². The lowest BCUT2D eigenvalue weighted by Gasteiger charge is -2.31. The molecule has 1 unspecified atom stereocenters. The summed E-state index contributed by atoms with van der Waals surface area (Å²) in [5.74, 6) is 0.382. The second kappa shape index (κ2) is 10.6. The van der Waals surface area contributed by atoms with Crippen molar-refractivity contribution in [3.63, 3.8) is 0 Å². The number of rotatable bonds is 8. The van der Waals surface area contributed by atoms with Crippen molar-refractivity contribution < 1.29 is 9.59 Å². The number of carbonyl (C=O) groups excluding carboxylic acids is 2. The summed E-state index contributed by atoms with van der Waals surface area (Å²) in [5.41, 5.74) is 6.34. The second-order valence-corrected chi connectivity index (χ2v) is 8.12. The van der Waals surface area contributed by atoms with Gasteiger partial charge in [-0.25, -0.2) is 0 Å². The van der Waals surface area contributed by atoms with E-state index in [9.17, 15) is 9.59 Å². The quantitative estimate of drug-likeness (QED) is 0.683. The standard InChI is InChI=1S/C20H31N3O2S/c1-15(21)12-13-22-20(25)17-10-6-7-11-18(17)26-14-19(24)23(2)16-8-4-3-5-9-16/h6-7,10-11,15-16H,3-5,8-9,12-14,21H2,1-2H3,(H,22,25). The van der Waals surface area contributed by atoms with Crippen LogP contribution in [0.15, 0.2) is 29.2 Å². The lowest BCUT2D eigenvalue weighted by molar-refractivity contribution is -0.129. The van der Waals surface area contributed by atoms with Crippen LogP contribution in [-0.2, 0) is 4.79 Å². The molecule has 1 aromatic rings. The maximum atomic E-state index is 12.5. The number of nitrogens with zero attached hydrogens (tertiary/aromatic N) is 1. The Balaban J connectivity index is 1.90. The summed E-state index contributed by atoms with van der Waals surface area (Å²) in [7, 11) is 1.91. The maximum Gasteiger partial charge on any atom is 0.252 e. The van der Waals surface area contributed by atoms with Crippen LogP contribution < -0.4 is 11.1 Å². The number of hydrogen-bond acceptors (Lipinski definition) is 4. The van der Waals surface area contributed by atoms with Crippen LogP contribution >= 0.6 is 11.8 Å². The van der Waals surface area contributed by atoms with Crippen LogP contribution in [0.2, 0.25) is 0 Å². The van der Waals surface area contributed by atoms with Crippen molar-refractivity contribution in [2.24, 2.45) is 5.73 Å². The summed E-state index contributed by atoms with van der Waals surface area (Å²) in [5, 5.41) is 2.91. The number of hydrogen-bond donors (Lipinski definition) is 2. The molecule has 0 bridgehead atoms. The first-order valence-corrected chi connectivity index (χ1v) is 10.5. The average Bonchev–Trinajstić information content (AvgIpc) is 2.66. The third-order valence-corrected chi connectivity index (χ3v) is 5.94. The molecule has 1 aromatic carbocycles. The Kier molecular flexibility index (Phi) is 8.45. The zero-order chi connectivity index (χ0) is 18.9. The Morgan fingerprint density at radius 3 is 2.65 bits per heavy atom. The van der Waals surface area contributed by atoms with Crippen LogP contribution in [0.4, 0.5) is 0 Å². The molecule has 0 heterocycles. The summed E-state index contributed by atoms with van der Waals surface area (Å²) in [6.45, 7) is 2.48. The first kappa shape index (κ1) is 20.8. The van der Waals surface area contributed by atoms with E-state index in [0.29, 0.717) is 23.9 Å². The highest BCUT2D eigenvalue weighted by Crippen LogP contribution is 2.25. The minimum Gasteiger partial charge on any atom is -0.352 e. The fourth-order valence-corrected chi connectivity index (χ4v) is 4.18. The molecular weight excluding hydrogens is 346 g/mol. The first-order valence-electron chi connectivity index (χ1n) is 9.50. The van der Waals surface area contributed by atoms with E-state index in [1.165, 1.54) is 31.0 Å². The minimum absolute atomic E-state index is 0.0628. The Labute approximate surface area is 161 Å². The van der Waals surface area contributed by atoms with E-state index < -0.39 is 0 Å². The smallest absolute Gasteiger partial charge is 0.252 e.